The molecule has 0 radical (unpaired) electrons. The second-order valence-corrected chi connectivity index (χ2v) is 5.86. The molecule has 2 N–H and O–H groups in total. The molecule has 1 heterocycles. The molecule has 0 fully saturated rings. The Morgan fingerprint density at radius 2 is 2.21 bits per heavy atom. The first-order valence-corrected chi connectivity index (χ1v) is 8.26. The maximum atomic E-state index is 11.9. The van der Waals surface area contributed by atoms with Crippen molar-refractivity contribution in [2.75, 3.05) is 20.1 Å². The maximum absolute atomic E-state index is 11.9. The van der Waals surface area contributed by atoms with Crippen LogP contribution in [0, 0.1) is 0 Å². The number of urea groups is 1. The summed E-state index contributed by atoms with van der Waals surface area (Å²) in [5.74, 6) is 0. The molecule has 7 heteroatoms. The Balaban J connectivity index is 1.75. The van der Waals surface area contributed by atoms with Crippen molar-refractivity contribution in [3.8, 4) is 5.69 Å². The number of benzene rings is 1. The third-order valence-corrected chi connectivity index (χ3v) is 4.14. The van der Waals surface area contributed by atoms with Crippen molar-refractivity contribution >= 4 is 6.03 Å². The van der Waals surface area contributed by atoms with Gasteiger partial charge in [0.2, 0.25) is 0 Å². The monoisotopic (exact) mass is 330 g/mol. The highest BCUT2D eigenvalue weighted by Crippen LogP contribution is 2.08. The van der Waals surface area contributed by atoms with Gasteiger partial charge in [0.05, 0.1) is 5.69 Å². The van der Waals surface area contributed by atoms with Crippen LogP contribution >= 0.6 is 0 Å². The van der Waals surface area contributed by atoms with Crippen molar-refractivity contribution in [1.82, 2.24) is 30.3 Å². The van der Waals surface area contributed by atoms with Crippen LogP contribution < -0.4 is 10.6 Å². The summed E-state index contributed by atoms with van der Waals surface area (Å²) in [5.41, 5.74) is 1.93. The van der Waals surface area contributed by atoms with Crippen LogP contribution in [0.1, 0.15) is 25.8 Å². The standard InChI is InChI=1S/C17H26N6O/c1-4-14(2)22(3)9-8-19-17(24)20-11-15-6-5-7-16(10-15)23-13-18-12-21-23/h5-7,10,12-14H,4,8-9,11H2,1-3H3,(H2,19,20,24)/t14-/m0/s1. The fourth-order valence-electron chi connectivity index (χ4n) is 2.27. The number of hydrogen-bond donors (Lipinski definition) is 2. The van der Waals surface area contributed by atoms with E-state index in [4.69, 9.17) is 0 Å². The average Bonchev–Trinajstić information content (AvgIpc) is 3.14. The zero-order valence-corrected chi connectivity index (χ0v) is 14.6. The minimum Gasteiger partial charge on any atom is -0.337 e. The van der Waals surface area contributed by atoms with Crippen LogP contribution in [0.15, 0.2) is 36.9 Å². The normalized spacial score (nSPS) is 12.2. The van der Waals surface area contributed by atoms with Crippen molar-refractivity contribution in [3.63, 3.8) is 0 Å². The summed E-state index contributed by atoms with van der Waals surface area (Å²) in [7, 11) is 2.07. The van der Waals surface area contributed by atoms with E-state index in [-0.39, 0.29) is 6.03 Å². The predicted octanol–water partition coefficient (Wildman–Crippen LogP) is 1.80. The summed E-state index contributed by atoms with van der Waals surface area (Å²) in [6.07, 6.45) is 4.24. The predicted molar refractivity (Wildman–Crippen MR) is 94.0 cm³/mol. The topological polar surface area (TPSA) is 75.1 Å². The van der Waals surface area contributed by atoms with E-state index in [0.29, 0.717) is 19.1 Å². The first kappa shape index (κ1) is 17.9. The molecule has 1 aromatic carbocycles. The van der Waals surface area contributed by atoms with E-state index in [1.807, 2.05) is 24.3 Å². The first-order valence-electron chi connectivity index (χ1n) is 8.26. The fraction of sp³-hybridized carbons (Fsp3) is 0.471. The maximum Gasteiger partial charge on any atom is 0.315 e. The lowest BCUT2D eigenvalue weighted by Gasteiger charge is -2.23. The van der Waals surface area contributed by atoms with Gasteiger partial charge >= 0.3 is 6.03 Å². The van der Waals surface area contributed by atoms with E-state index in [1.54, 1.807) is 11.0 Å². The van der Waals surface area contributed by atoms with E-state index in [0.717, 1.165) is 24.2 Å². The number of aromatic nitrogens is 3. The van der Waals surface area contributed by atoms with Crippen LogP contribution in [0.2, 0.25) is 0 Å². The molecule has 0 aliphatic heterocycles. The van der Waals surface area contributed by atoms with Gasteiger partial charge in [-0.05, 0) is 38.1 Å². The summed E-state index contributed by atoms with van der Waals surface area (Å²) >= 11 is 0. The van der Waals surface area contributed by atoms with Crippen LogP contribution in [0.5, 0.6) is 0 Å². The number of likely N-dealkylation sites (N-methyl/N-ethyl adjacent to an activating group) is 1. The first-order chi connectivity index (χ1) is 11.6. The third-order valence-electron chi connectivity index (χ3n) is 4.14. The van der Waals surface area contributed by atoms with E-state index < -0.39 is 0 Å². The molecular formula is C17H26N6O. The molecule has 0 saturated carbocycles. The van der Waals surface area contributed by atoms with Gasteiger partial charge in [0.25, 0.3) is 0 Å². The number of carbonyl (C=O) groups excluding carboxylic acids is 1. The zero-order valence-electron chi connectivity index (χ0n) is 14.6. The van der Waals surface area contributed by atoms with E-state index in [1.165, 1.54) is 6.33 Å². The lowest BCUT2D eigenvalue weighted by Crippen LogP contribution is -2.41. The fourth-order valence-corrected chi connectivity index (χ4v) is 2.27. The highest BCUT2D eigenvalue weighted by molar-refractivity contribution is 5.73. The highest BCUT2D eigenvalue weighted by atomic mass is 16.2. The van der Waals surface area contributed by atoms with Gasteiger partial charge in [-0.15, -0.1) is 0 Å². The van der Waals surface area contributed by atoms with Gasteiger partial charge in [0.1, 0.15) is 12.7 Å². The summed E-state index contributed by atoms with van der Waals surface area (Å²) in [4.78, 5) is 18.1. The SMILES string of the molecule is CC[C@H](C)N(C)CCNC(=O)NCc1cccc(-n2cncn2)c1. The molecule has 1 atom stereocenters. The number of hydrogen-bond acceptors (Lipinski definition) is 4. The Hall–Kier alpha value is -2.41. The van der Waals surface area contributed by atoms with Gasteiger partial charge in [0, 0.05) is 25.7 Å². The van der Waals surface area contributed by atoms with Gasteiger partial charge in [0.15, 0.2) is 0 Å². The zero-order chi connectivity index (χ0) is 17.4. The largest absolute Gasteiger partial charge is 0.337 e. The van der Waals surface area contributed by atoms with Crippen molar-refractivity contribution < 1.29 is 4.79 Å². The summed E-state index contributed by atoms with van der Waals surface area (Å²) in [6, 6.07) is 8.20. The molecule has 2 aromatic rings. The molecule has 2 rings (SSSR count). The molecule has 130 valence electrons. The molecule has 0 aliphatic carbocycles. The van der Waals surface area contributed by atoms with Gasteiger partial charge in [-0.25, -0.2) is 14.5 Å². The third kappa shape index (κ3) is 5.34. The van der Waals surface area contributed by atoms with Crippen LogP contribution in [0.4, 0.5) is 4.79 Å². The molecule has 0 unspecified atom stereocenters. The Labute approximate surface area is 143 Å². The molecule has 7 nitrogen and oxygen atoms in total. The average molecular weight is 330 g/mol. The van der Waals surface area contributed by atoms with Gasteiger partial charge in [-0.1, -0.05) is 19.1 Å². The molecule has 0 bridgehead atoms. The van der Waals surface area contributed by atoms with Crippen molar-refractivity contribution in [3.05, 3.63) is 42.5 Å². The number of carbonyl (C=O) groups is 1. The Morgan fingerprint density at radius 1 is 1.38 bits per heavy atom. The molecular weight excluding hydrogens is 304 g/mol. The van der Waals surface area contributed by atoms with Crippen LogP contribution in [-0.2, 0) is 6.54 Å². The van der Waals surface area contributed by atoms with Gasteiger partial charge in [-0.2, -0.15) is 5.10 Å². The van der Waals surface area contributed by atoms with Crippen molar-refractivity contribution in [1.29, 1.82) is 0 Å². The minimum absolute atomic E-state index is 0.154. The van der Waals surface area contributed by atoms with E-state index >= 15 is 0 Å². The lowest BCUT2D eigenvalue weighted by molar-refractivity contribution is 0.230. The highest BCUT2D eigenvalue weighted by Gasteiger charge is 2.07. The number of nitrogens with one attached hydrogen (secondary N) is 2. The second-order valence-electron chi connectivity index (χ2n) is 5.86. The molecule has 24 heavy (non-hydrogen) atoms. The molecule has 0 spiro atoms. The second kappa shape index (κ2) is 9.02. The lowest BCUT2D eigenvalue weighted by atomic mass is 10.2. The summed E-state index contributed by atoms with van der Waals surface area (Å²) in [5, 5.41) is 9.86. The quantitative estimate of drug-likeness (QED) is 0.774. The summed E-state index contributed by atoms with van der Waals surface area (Å²) < 4.78 is 1.69. The van der Waals surface area contributed by atoms with Crippen molar-refractivity contribution in [2.45, 2.75) is 32.9 Å². The minimum atomic E-state index is -0.154. The Morgan fingerprint density at radius 3 is 2.92 bits per heavy atom. The Bertz CT molecular complexity index is 628. The van der Waals surface area contributed by atoms with Crippen LogP contribution in [-0.4, -0.2) is 51.9 Å². The smallest absolute Gasteiger partial charge is 0.315 e. The number of nitrogens with zero attached hydrogens (tertiary/aromatic N) is 4. The summed E-state index contributed by atoms with van der Waals surface area (Å²) in [6.45, 7) is 6.28. The van der Waals surface area contributed by atoms with Gasteiger partial charge < -0.3 is 15.5 Å². The molecule has 2 amide bonds. The number of amides is 2. The van der Waals surface area contributed by atoms with Crippen LogP contribution in [0.25, 0.3) is 5.69 Å². The van der Waals surface area contributed by atoms with E-state index in [9.17, 15) is 4.79 Å². The Kier molecular flexibility index (Phi) is 6.74. The number of rotatable bonds is 8. The molecule has 0 saturated heterocycles. The van der Waals surface area contributed by atoms with E-state index in [2.05, 4.69) is 46.5 Å². The van der Waals surface area contributed by atoms with Crippen molar-refractivity contribution in [2.24, 2.45) is 0 Å². The molecule has 1 aromatic heterocycles. The van der Waals surface area contributed by atoms with Crippen LogP contribution in [0.3, 0.4) is 0 Å². The van der Waals surface area contributed by atoms with Gasteiger partial charge in [-0.3, -0.25) is 0 Å². The molecule has 0 aliphatic rings.